The van der Waals surface area contributed by atoms with Gasteiger partial charge in [-0.25, -0.2) is 0 Å². The summed E-state index contributed by atoms with van der Waals surface area (Å²) in [5.74, 6) is 1.35. The van der Waals surface area contributed by atoms with Gasteiger partial charge in [-0.2, -0.15) is 0 Å². The fourth-order valence-corrected chi connectivity index (χ4v) is 1.15. The normalized spacial score (nSPS) is 16.9. The highest BCUT2D eigenvalue weighted by Crippen LogP contribution is 2.17. The molecule has 0 rings (SSSR count). The van der Waals surface area contributed by atoms with E-state index in [1.807, 2.05) is 0 Å². The van der Waals surface area contributed by atoms with Gasteiger partial charge in [0.1, 0.15) is 0 Å². The summed E-state index contributed by atoms with van der Waals surface area (Å²) in [5, 5.41) is 9.47. The van der Waals surface area contributed by atoms with Gasteiger partial charge in [0.25, 0.3) is 0 Å². The van der Waals surface area contributed by atoms with Gasteiger partial charge in [0.2, 0.25) is 0 Å². The van der Waals surface area contributed by atoms with E-state index >= 15 is 0 Å². The summed E-state index contributed by atoms with van der Waals surface area (Å²) >= 11 is 0. The molecule has 0 aliphatic rings. The Morgan fingerprint density at radius 1 is 1.18 bits per heavy atom. The van der Waals surface area contributed by atoms with Crippen molar-refractivity contribution in [1.82, 2.24) is 0 Å². The molecule has 0 radical (unpaired) electrons. The predicted octanol–water partition coefficient (Wildman–Crippen LogP) is 2.83. The molecule has 1 heteroatoms. The lowest BCUT2D eigenvalue weighted by molar-refractivity contribution is 0.125. The Hall–Kier alpha value is -0.0400. The van der Waals surface area contributed by atoms with Crippen molar-refractivity contribution in [2.75, 3.05) is 0 Å². The highest BCUT2D eigenvalue weighted by atomic mass is 16.3. The van der Waals surface area contributed by atoms with Crippen LogP contribution >= 0.6 is 0 Å². The number of rotatable bonds is 5. The minimum atomic E-state index is -0.0719. The Labute approximate surface area is 70.8 Å². The number of hydrogen-bond donors (Lipinski definition) is 1. The number of aliphatic hydroxyl groups excluding tert-OH is 1. The van der Waals surface area contributed by atoms with Gasteiger partial charge in [-0.15, -0.1) is 0 Å². The van der Waals surface area contributed by atoms with Crippen molar-refractivity contribution in [2.45, 2.75) is 53.1 Å². The average Bonchev–Trinajstić information content (AvgIpc) is 1.87. The SMILES string of the molecule is CCCC(O)CC(C)C(C)C. The quantitative estimate of drug-likeness (QED) is 0.652. The van der Waals surface area contributed by atoms with E-state index in [-0.39, 0.29) is 6.10 Å². The molecule has 2 unspecified atom stereocenters. The van der Waals surface area contributed by atoms with Gasteiger partial charge in [0.15, 0.2) is 0 Å². The van der Waals surface area contributed by atoms with Crippen molar-refractivity contribution in [2.24, 2.45) is 11.8 Å². The van der Waals surface area contributed by atoms with Crippen LogP contribution in [0.5, 0.6) is 0 Å². The maximum absolute atomic E-state index is 9.47. The second-order valence-corrected chi connectivity index (χ2v) is 3.90. The highest BCUT2D eigenvalue weighted by molar-refractivity contribution is 4.63. The van der Waals surface area contributed by atoms with Crippen LogP contribution in [0.2, 0.25) is 0 Å². The Kier molecular flexibility index (Phi) is 5.57. The maximum atomic E-state index is 9.47. The van der Waals surface area contributed by atoms with Crippen LogP contribution in [0, 0.1) is 11.8 Å². The summed E-state index contributed by atoms with van der Waals surface area (Å²) in [6.07, 6.45) is 2.94. The second kappa shape index (κ2) is 5.59. The Morgan fingerprint density at radius 3 is 2.09 bits per heavy atom. The second-order valence-electron chi connectivity index (χ2n) is 3.90. The lowest BCUT2D eigenvalue weighted by Gasteiger charge is -2.18. The molecule has 1 N–H and O–H groups in total. The van der Waals surface area contributed by atoms with Gasteiger partial charge >= 0.3 is 0 Å². The zero-order valence-electron chi connectivity index (χ0n) is 8.30. The van der Waals surface area contributed by atoms with Crippen molar-refractivity contribution in [3.8, 4) is 0 Å². The van der Waals surface area contributed by atoms with E-state index in [0.29, 0.717) is 11.8 Å². The zero-order valence-corrected chi connectivity index (χ0v) is 8.30. The maximum Gasteiger partial charge on any atom is 0.0542 e. The molecule has 0 aliphatic heterocycles. The zero-order chi connectivity index (χ0) is 8.85. The third-order valence-corrected chi connectivity index (χ3v) is 2.40. The fourth-order valence-electron chi connectivity index (χ4n) is 1.15. The van der Waals surface area contributed by atoms with Gasteiger partial charge in [-0.3, -0.25) is 0 Å². The first kappa shape index (κ1) is 11.0. The third kappa shape index (κ3) is 5.25. The van der Waals surface area contributed by atoms with E-state index in [0.717, 1.165) is 19.3 Å². The van der Waals surface area contributed by atoms with Crippen LogP contribution in [0.1, 0.15) is 47.0 Å². The molecule has 0 aromatic heterocycles. The van der Waals surface area contributed by atoms with Crippen molar-refractivity contribution in [3.05, 3.63) is 0 Å². The summed E-state index contributed by atoms with van der Waals surface area (Å²) < 4.78 is 0. The molecule has 0 aliphatic carbocycles. The molecule has 2 atom stereocenters. The molecule has 0 amide bonds. The highest BCUT2D eigenvalue weighted by Gasteiger charge is 2.11. The van der Waals surface area contributed by atoms with Gasteiger partial charge in [-0.1, -0.05) is 34.1 Å². The largest absolute Gasteiger partial charge is 0.393 e. The van der Waals surface area contributed by atoms with Crippen molar-refractivity contribution < 1.29 is 5.11 Å². The average molecular weight is 158 g/mol. The van der Waals surface area contributed by atoms with Crippen LogP contribution in [-0.2, 0) is 0 Å². The van der Waals surface area contributed by atoms with Gasteiger partial charge in [-0.05, 0) is 24.7 Å². The van der Waals surface area contributed by atoms with Crippen molar-refractivity contribution >= 4 is 0 Å². The van der Waals surface area contributed by atoms with E-state index in [9.17, 15) is 5.11 Å². The van der Waals surface area contributed by atoms with E-state index in [1.165, 1.54) is 0 Å². The summed E-state index contributed by atoms with van der Waals surface area (Å²) in [7, 11) is 0. The monoisotopic (exact) mass is 158 g/mol. The molecule has 0 bridgehead atoms. The lowest BCUT2D eigenvalue weighted by Crippen LogP contribution is -2.14. The lowest BCUT2D eigenvalue weighted by atomic mass is 9.91. The molecular weight excluding hydrogens is 136 g/mol. The van der Waals surface area contributed by atoms with Crippen molar-refractivity contribution in [1.29, 1.82) is 0 Å². The topological polar surface area (TPSA) is 20.2 Å². The van der Waals surface area contributed by atoms with Gasteiger partial charge in [0.05, 0.1) is 6.10 Å². The van der Waals surface area contributed by atoms with E-state index in [2.05, 4.69) is 27.7 Å². The molecule has 0 heterocycles. The molecule has 1 nitrogen and oxygen atoms in total. The first-order valence-electron chi connectivity index (χ1n) is 4.76. The molecule has 0 saturated carbocycles. The molecule has 0 spiro atoms. The number of aliphatic hydroxyl groups is 1. The summed E-state index contributed by atoms with van der Waals surface area (Å²) in [6, 6.07) is 0. The molecule has 0 aromatic carbocycles. The fraction of sp³-hybridized carbons (Fsp3) is 1.00. The van der Waals surface area contributed by atoms with Crippen LogP contribution in [-0.4, -0.2) is 11.2 Å². The van der Waals surface area contributed by atoms with Crippen LogP contribution in [0.4, 0.5) is 0 Å². The van der Waals surface area contributed by atoms with Crippen molar-refractivity contribution in [3.63, 3.8) is 0 Å². The summed E-state index contributed by atoms with van der Waals surface area (Å²) in [5.41, 5.74) is 0. The molecule has 11 heavy (non-hydrogen) atoms. The first-order chi connectivity index (χ1) is 5.07. The minimum absolute atomic E-state index is 0.0719. The minimum Gasteiger partial charge on any atom is -0.393 e. The predicted molar refractivity (Wildman–Crippen MR) is 49.5 cm³/mol. The molecule has 0 fully saturated rings. The van der Waals surface area contributed by atoms with Crippen LogP contribution in [0.25, 0.3) is 0 Å². The van der Waals surface area contributed by atoms with Crippen LogP contribution < -0.4 is 0 Å². The third-order valence-electron chi connectivity index (χ3n) is 2.40. The Bertz CT molecular complexity index is 88.9. The van der Waals surface area contributed by atoms with Gasteiger partial charge in [0, 0.05) is 0 Å². The van der Waals surface area contributed by atoms with E-state index in [1.54, 1.807) is 0 Å². The van der Waals surface area contributed by atoms with Crippen LogP contribution in [0.15, 0.2) is 0 Å². The van der Waals surface area contributed by atoms with E-state index < -0.39 is 0 Å². The molecule has 0 saturated heterocycles. The first-order valence-corrected chi connectivity index (χ1v) is 4.76. The molecule has 0 aromatic rings. The summed E-state index contributed by atoms with van der Waals surface area (Å²) in [6.45, 7) is 8.75. The molecule has 68 valence electrons. The van der Waals surface area contributed by atoms with E-state index in [4.69, 9.17) is 0 Å². The molecular formula is C10H22O. The standard InChI is InChI=1S/C10H22O/c1-5-6-10(11)7-9(4)8(2)3/h8-11H,5-7H2,1-4H3. The Balaban J connectivity index is 3.48. The Morgan fingerprint density at radius 2 is 1.73 bits per heavy atom. The number of hydrogen-bond acceptors (Lipinski definition) is 1. The van der Waals surface area contributed by atoms with Gasteiger partial charge < -0.3 is 5.11 Å². The smallest absolute Gasteiger partial charge is 0.0542 e. The van der Waals surface area contributed by atoms with Crippen LogP contribution in [0.3, 0.4) is 0 Å². The summed E-state index contributed by atoms with van der Waals surface area (Å²) in [4.78, 5) is 0.